The van der Waals surface area contributed by atoms with Crippen LogP contribution in [0.5, 0.6) is 0 Å². The summed E-state index contributed by atoms with van der Waals surface area (Å²) in [6.45, 7) is 4.83. The normalized spacial score (nSPS) is 12.0. The van der Waals surface area contributed by atoms with E-state index in [4.69, 9.17) is 4.42 Å². The fraction of sp³-hybridized carbons (Fsp3) is 0.500. The first-order chi connectivity index (χ1) is 10.1. The Hall–Kier alpha value is -2.31. The Balaban J connectivity index is 2.10. The van der Waals surface area contributed by atoms with Crippen molar-refractivity contribution in [3.8, 4) is 0 Å². The van der Waals surface area contributed by atoms with Crippen molar-refractivity contribution in [1.82, 2.24) is 15.0 Å². The van der Waals surface area contributed by atoms with Crippen LogP contribution in [0, 0.1) is 0 Å². The fourth-order valence-electron chi connectivity index (χ4n) is 1.87. The van der Waals surface area contributed by atoms with Crippen LogP contribution in [-0.2, 0) is 6.42 Å². The van der Waals surface area contributed by atoms with Crippen LogP contribution < -0.4 is 15.5 Å². The predicted molar refractivity (Wildman–Crippen MR) is 83.8 cm³/mol. The van der Waals surface area contributed by atoms with Gasteiger partial charge >= 0.3 is 0 Å². The Morgan fingerprint density at radius 3 is 2.62 bits per heavy atom. The van der Waals surface area contributed by atoms with E-state index in [1.807, 2.05) is 38.1 Å². The highest BCUT2D eigenvalue weighted by Gasteiger charge is 2.11. The van der Waals surface area contributed by atoms with Crippen LogP contribution in [0.1, 0.15) is 19.6 Å². The molecule has 2 N–H and O–H groups in total. The molecule has 0 radical (unpaired) electrons. The lowest BCUT2D eigenvalue weighted by molar-refractivity contribution is 0.497. The molecule has 0 aliphatic carbocycles. The van der Waals surface area contributed by atoms with Gasteiger partial charge < -0.3 is 20.0 Å². The van der Waals surface area contributed by atoms with Crippen LogP contribution in [0.25, 0.3) is 0 Å². The van der Waals surface area contributed by atoms with Crippen molar-refractivity contribution >= 4 is 17.8 Å². The SMILES string of the molecule is CCNc1nc(NC(C)Cc2ccco2)nc(N(C)C)n1. The van der Waals surface area contributed by atoms with Gasteiger partial charge in [-0.3, -0.25) is 0 Å². The summed E-state index contributed by atoms with van der Waals surface area (Å²) in [5, 5.41) is 6.40. The Morgan fingerprint density at radius 2 is 2.00 bits per heavy atom. The molecular weight excluding hydrogens is 268 g/mol. The van der Waals surface area contributed by atoms with E-state index in [9.17, 15) is 0 Å². The van der Waals surface area contributed by atoms with Crippen LogP contribution in [0.3, 0.4) is 0 Å². The van der Waals surface area contributed by atoms with Crippen LogP contribution >= 0.6 is 0 Å². The second-order valence-electron chi connectivity index (χ2n) is 5.04. The third-order valence-electron chi connectivity index (χ3n) is 2.82. The van der Waals surface area contributed by atoms with E-state index in [0.717, 1.165) is 18.7 Å². The molecule has 0 saturated carbocycles. The zero-order chi connectivity index (χ0) is 15.2. The lowest BCUT2D eigenvalue weighted by atomic mass is 10.2. The van der Waals surface area contributed by atoms with E-state index in [1.54, 1.807) is 6.26 Å². The van der Waals surface area contributed by atoms with Gasteiger partial charge in [0, 0.05) is 33.1 Å². The maximum absolute atomic E-state index is 5.35. The Labute approximate surface area is 124 Å². The van der Waals surface area contributed by atoms with Gasteiger partial charge in [0.2, 0.25) is 17.8 Å². The molecule has 2 heterocycles. The van der Waals surface area contributed by atoms with E-state index in [1.165, 1.54) is 0 Å². The zero-order valence-corrected chi connectivity index (χ0v) is 12.9. The van der Waals surface area contributed by atoms with Crippen molar-refractivity contribution in [2.24, 2.45) is 0 Å². The zero-order valence-electron chi connectivity index (χ0n) is 12.9. The maximum atomic E-state index is 5.35. The molecule has 114 valence electrons. The van der Waals surface area contributed by atoms with Crippen LogP contribution in [0.4, 0.5) is 17.8 Å². The first-order valence-electron chi connectivity index (χ1n) is 7.04. The molecule has 21 heavy (non-hydrogen) atoms. The second-order valence-corrected chi connectivity index (χ2v) is 5.04. The number of nitrogens with zero attached hydrogens (tertiary/aromatic N) is 4. The third-order valence-corrected chi connectivity index (χ3v) is 2.82. The van der Waals surface area contributed by atoms with Gasteiger partial charge in [-0.2, -0.15) is 15.0 Å². The minimum atomic E-state index is 0.156. The molecule has 1 unspecified atom stereocenters. The molecule has 0 bridgehead atoms. The summed E-state index contributed by atoms with van der Waals surface area (Å²) >= 11 is 0. The monoisotopic (exact) mass is 290 g/mol. The molecule has 0 spiro atoms. The van der Waals surface area contributed by atoms with E-state index in [0.29, 0.717) is 17.8 Å². The first kappa shape index (κ1) is 15.1. The third kappa shape index (κ3) is 4.34. The number of hydrogen-bond acceptors (Lipinski definition) is 7. The quantitative estimate of drug-likeness (QED) is 0.807. The van der Waals surface area contributed by atoms with Gasteiger partial charge in [0.25, 0.3) is 0 Å². The minimum Gasteiger partial charge on any atom is -0.469 e. The summed E-state index contributed by atoms with van der Waals surface area (Å²) < 4.78 is 5.35. The number of furan rings is 1. The van der Waals surface area contributed by atoms with Crippen molar-refractivity contribution in [3.63, 3.8) is 0 Å². The lowest BCUT2D eigenvalue weighted by Gasteiger charge is -2.16. The van der Waals surface area contributed by atoms with Crippen molar-refractivity contribution in [1.29, 1.82) is 0 Å². The van der Waals surface area contributed by atoms with E-state index in [2.05, 4.69) is 32.5 Å². The molecular formula is C14H22N6O. The highest BCUT2D eigenvalue weighted by Crippen LogP contribution is 2.13. The van der Waals surface area contributed by atoms with Crippen LogP contribution in [-0.4, -0.2) is 41.6 Å². The number of anilines is 3. The molecule has 1 atom stereocenters. The van der Waals surface area contributed by atoms with Gasteiger partial charge in [-0.25, -0.2) is 0 Å². The average molecular weight is 290 g/mol. The van der Waals surface area contributed by atoms with Crippen molar-refractivity contribution < 1.29 is 4.42 Å². The molecule has 0 aliphatic rings. The van der Waals surface area contributed by atoms with Gasteiger partial charge in [0.05, 0.1) is 6.26 Å². The summed E-state index contributed by atoms with van der Waals surface area (Å²) in [7, 11) is 3.81. The highest BCUT2D eigenvalue weighted by atomic mass is 16.3. The van der Waals surface area contributed by atoms with Crippen molar-refractivity contribution in [3.05, 3.63) is 24.2 Å². The Kier molecular flexibility index (Phi) is 4.97. The fourth-order valence-corrected chi connectivity index (χ4v) is 1.87. The molecule has 0 aliphatic heterocycles. The van der Waals surface area contributed by atoms with E-state index in [-0.39, 0.29) is 6.04 Å². The molecule has 0 amide bonds. The summed E-state index contributed by atoms with van der Waals surface area (Å²) in [4.78, 5) is 15.0. The van der Waals surface area contributed by atoms with Gasteiger partial charge in [-0.1, -0.05) is 0 Å². The molecule has 0 fully saturated rings. The topological polar surface area (TPSA) is 79.1 Å². The molecule has 2 aromatic heterocycles. The molecule has 2 rings (SSSR count). The Bertz CT molecular complexity index is 555. The molecule has 2 aromatic rings. The number of nitrogens with one attached hydrogen (secondary N) is 2. The summed E-state index contributed by atoms with van der Waals surface area (Å²) in [5.74, 6) is 2.69. The number of rotatable bonds is 7. The van der Waals surface area contributed by atoms with Gasteiger partial charge in [-0.15, -0.1) is 0 Å². The Morgan fingerprint density at radius 1 is 1.24 bits per heavy atom. The lowest BCUT2D eigenvalue weighted by Crippen LogP contribution is -2.22. The van der Waals surface area contributed by atoms with E-state index < -0.39 is 0 Å². The van der Waals surface area contributed by atoms with Crippen molar-refractivity contribution in [2.75, 3.05) is 36.2 Å². The molecule has 0 aromatic carbocycles. The minimum absolute atomic E-state index is 0.156. The predicted octanol–water partition coefficient (Wildman–Crippen LogP) is 2.01. The van der Waals surface area contributed by atoms with E-state index >= 15 is 0 Å². The van der Waals surface area contributed by atoms with Crippen molar-refractivity contribution in [2.45, 2.75) is 26.3 Å². The number of hydrogen-bond donors (Lipinski definition) is 2. The summed E-state index contributed by atoms with van der Waals surface area (Å²) in [5.41, 5.74) is 0. The van der Waals surface area contributed by atoms with Gasteiger partial charge in [0.15, 0.2) is 0 Å². The van der Waals surface area contributed by atoms with Gasteiger partial charge in [-0.05, 0) is 26.0 Å². The largest absolute Gasteiger partial charge is 0.469 e. The molecule has 0 saturated heterocycles. The standard InChI is InChI=1S/C14H22N6O/c1-5-15-12-17-13(19-14(18-12)20(3)4)16-10(2)9-11-7-6-8-21-11/h6-8,10H,5,9H2,1-4H3,(H2,15,16,17,18,19). The number of aromatic nitrogens is 3. The first-order valence-corrected chi connectivity index (χ1v) is 7.04. The van der Waals surface area contributed by atoms with Gasteiger partial charge in [0.1, 0.15) is 5.76 Å². The smallest absolute Gasteiger partial charge is 0.231 e. The highest BCUT2D eigenvalue weighted by molar-refractivity contribution is 5.43. The van der Waals surface area contributed by atoms with Crippen LogP contribution in [0.2, 0.25) is 0 Å². The summed E-state index contributed by atoms with van der Waals surface area (Å²) in [6.07, 6.45) is 2.45. The molecule has 7 heteroatoms. The molecule has 7 nitrogen and oxygen atoms in total. The second kappa shape index (κ2) is 6.92. The maximum Gasteiger partial charge on any atom is 0.231 e. The average Bonchev–Trinajstić information content (AvgIpc) is 2.91. The summed E-state index contributed by atoms with van der Waals surface area (Å²) in [6, 6.07) is 4.00. The van der Waals surface area contributed by atoms with Crippen LogP contribution in [0.15, 0.2) is 22.8 Å².